The third kappa shape index (κ3) is 2.96. The van der Waals surface area contributed by atoms with Crippen LogP contribution in [0.25, 0.3) is 10.2 Å². The minimum Gasteiger partial charge on any atom is -0.383 e. The predicted molar refractivity (Wildman–Crippen MR) is 73.7 cm³/mol. The summed E-state index contributed by atoms with van der Waals surface area (Å²) in [5, 5.41) is 4.43. The third-order valence-electron chi connectivity index (χ3n) is 2.75. The van der Waals surface area contributed by atoms with Crippen molar-refractivity contribution in [3.05, 3.63) is 24.3 Å². The normalized spacial score (nSPS) is 13.2. The van der Waals surface area contributed by atoms with Gasteiger partial charge in [0.1, 0.15) is 0 Å². The molecule has 0 saturated heterocycles. The number of rotatable bonds is 5. The average molecular weight is 250 g/mol. The van der Waals surface area contributed by atoms with Crippen molar-refractivity contribution in [2.75, 3.05) is 19.0 Å². The predicted octanol–water partition coefficient (Wildman–Crippen LogP) is 3.38. The van der Waals surface area contributed by atoms with E-state index in [1.54, 1.807) is 18.4 Å². The van der Waals surface area contributed by atoms with E-state index in [9.17, 15) is 0 Å². The fourth-order valence-electron chi connectivity index (χ4n) is 1.67. The zero-order valence-corrected chi connectivity index (χ0v) is 11.3. The van der Waals surface area contributed by atoms with E-state index in [0.717, 1.165) is 10.6 Å². The lowest BCUT2D eigenvalue weighted by Crippen LogP contribution is -2.30. The van der Waals surface area contributed by atoms with Crippen molar-refractivity contribution in [2.24, 2.45) is 5.92 Å². The van der Waals surface area contributed by atoms with Crippen molar-refractivity contribution in [2.45, 2.75) is 19.9 Å². The summed E-state index contributed by atoms with van der Waals surface area (Å²) >= 11 is 1.69. The Balaban J connectivity index is 2.16. The van der Waals surface area contributed by atoms with Gasteiger partial charge in [-0.25, -0.2) is 4.98 Å². The number of nitrogens with one attached hydrogen (secondary N) is 1. The molecule has 0 aliphatic heterocycles. The van der Waals surface area contributed by atoms with E-state index < -0.39 is 0 Å². The van der Waals surface area contributed by atoms with Crippen LogP contribution in [0.5, 0.6) is 0 Å². The van der Waals surface area contributed by atoms with Gasteiger partial charge in [-0.05, 0) is 18.1 Å². The molecule has 1 aromatic carbocycles. The summed E-state index contributed by atoms with van der Waals surface area (Å²) in [6, 6.07) is 8.50. The number of para-hydroxylation sites is 1. The van der Waals surface area contributed by atoms with E-state index in [2.05, 4.69) is 30.2 Å². The van der Waals surface area contributed by atoms with E-state index in [1.807, 2.05) is 18.2 Å². The number of hydrogen-bond acceptors (Lipinski definition) is 4. The molecule has 1 aromatic heterocycles. The number of nitrogens with zero attached hydrogens (tertiary/aromatic N) is 1. The van der Waals surface area contributed by atoms with Crippen molar-refractivity contribution in [1.82, 2.24) is 4.98 Å². The Bertz CT molecular complexity index is 448. The Kier molecular flexibility index (Phi) is 3.97. The fourth-order valence-corrected chi connectivity index (χ4v) is 2.60. The molecule has 1 unspecified atom stereocenters. The topological polar surface area (TPSA) is 34.1 Å². The smallest absolute Gasteiger partial charge is 0.184 e. The second kappa shape index (κ2) is 5.47. The van der Waals surface area contributed by atoms with Crippen LogP contribution in [0.15, 0.2) is 24.3 Å². The highest BCUT2D eigenvalue weighted by Gasteiger charge is 2.14. The Labute approximate surface area is 106 Å². The summed E-state index contributed by atoms with van der Waals surface area (Å²) in [4.78, 5) is 4.57. The highest BCUT2D eigenvalue weighted by atomic mass is 32.1. The average Bonchev–Trinajstić information content (AvgIpc) is 2.70. The lowest BCUT2D eigenvalue weighted by Gasteiger charge is -2.20. The largest absolute Gasteiger partial charge is 0.383 e. The number of hydrogen-bond donors (Lipinski definition) is 1. The number of ether oxygens (including phenoxy) is 1. The Morgan fingerprint density at radius 3 is 2.76 bits per heavy atom. The number of thiazole rings is 1. The Hall–Kier alpha value is -1.13. The summed E-state index contributed by atoms with van der Waals surface area (Å²) in [7, 11) is 1.73. The molecule has 0 aliphatic carbocycles. The minimum absolute atomic E-state index is 0.306. The number of methoxy groups -OCH3 is 1. The lowest BCUT2D eigenvalue weighted by atomic mass is 10.1. The Morgan fingerprint density at radius 1 is 1.35 bits per heavy atom. The molecule has 1 heterocycles. The molecule has 17 heavy (non-hydrogen) atoms. The van der Waals surface area contributed by atoms with Crippen LogP contribution in [0.1, 0.15) is 13.8 Å². The third-order valence-corrected chi connectivity index (χ3v) is 3.72. The van der Waals surface area contributed by atoms with Crippen molar-refractivity contribution < 1.29 is 4.74 Å². The number of anilines is 1. The van der Waals surface area contributed by atoms with Gasteiger partial charge in [0.25, 0.3) is 0 Å². The molecule has 1 N–H and O–H groups in total. The Morgan fingerprint density at radius 2 is 2.12 bits per heavy atom. The molecular weight excluding hydrogens is 232 g/mol. The number of fused-ring (bicyclic) bond motifs is 1. The van der Waals surface area contributed by atoms with E-state index in [4.69, 9.17) is 4.74 Å². The van der Waals surface area contributed by atoms with Crippen LogP contribution in [-0.2, 0) is 4.74 Å². The first kappa shape index (κ1) is 12.3. The molecule has 0 spiro atoms. The fraction of sp³-hybridized carbons (Fsp3) is 0.462. The maximum atomic E-state index is 5.23. The maximum absolute atomic E-state index is 5.23. The van der Waals surface area contributed by atoms with Gasteiger partial charge in [0.15, 0.2) is 5.13 Å². The molecule has 4 heteroatoms. The van der Waals surface area contributed by atoms with Crippen molar-refractivity contribution in [1.29, 1.82) is 0 Å². The van der Waals surface area contributed by atoms with E-state index in [-0.39, 0.29) is 0 Å². The quantitative estimate of drug-likeness (QED) is 0.883. The van der Waals surface area contributed by atoms with Gasteiger partial charge >= 0.3 is 0 Å². The standard InChI is InChI=1S/C13H18N2OS/c1-9(2)11(8-16-3)15-13-14-10-6-4-5-7-12(10)17-13/h4-7,9,11H,8H2,1-3H3,(H,14,15). The van der Waals surface area contributed by atoms with Crippen molar-refractivity contribution in [3.8, 4) is 0 Å². The van der Waals surface area contributed by atoms with Crippen molar-refractivity contribution >= 4 is 26.7 Å². The van der Waals surface area contributed by atoms with Crippen LogP contribution < -0.4 is 5.32 Å². The molecule has 1 atom stereocenters. The summed E-state index contributed by atoms with van der Waals surface area (Å²) in [6.07, 6.45) is 0. The van der Waals surface area contributed by atoms with Gasteiger partial charge in [-0.2, -0.15) is 0 Å². The van der Waals surface area contributed by atoms with Gasteiger partial charge < -0.3 is 10.1 Å². The molecule has 2 aromatic rings. The van der Waals surface area contributed by atoms with E-state index in [1.165, 1.54) is 4.70 Å². The zero-order valence-electron chi connectivity index (χ0n) is 10.4. The highest BCUT2D eigenvalue weighted by Crippen LogP contribution is 2.26. The SMILES string of the molecule is COCC(Nc1nc2ccccc2s1)C(C)C. The van der Waals surface area contributed by atoms with Crippen LogP contribution in [-0.4, -0.2) is 24.7 Å². The van der Waals surface area contributed by atoms with Crippen LogP contribution in [0.2, 0.25) is 0 Å². The van der Waals surface area contributed by atoms with Gasteiger partial charge in [-0.3, -0.25) is 0 Å². The number of aromatic nitrogens is 1. The number of benzene rings is 1. The van der Waals surface area contributed by atoms with Gasteiger partial charge in [-0.15, -0.1) is 0 Å². The van der Waals surface area contributed by atoms with Crippen LogP contribution in [0, 0.1) is 5.92 Å². The van der Waals surface area contributed by atoms with Crippen LogP contribution >= 0.6 is 11.3 Å². The highest BCUT2D eigenvalue weighted by molar-refractivity contribution is 7.22. The molecule has 0 bridgehead atoms. The zero-order chi connectivity index (χ0) is 12.3. The molecule has 92 valence electrons. The molecule has 0 saturated carbocycles. The first-order valence-corrected chi connectivity index (χ1v) is 6.63. The summed E-state index contributed by atoms with van der Waals surface area (Å²) in [6.45, 7) is 5.07. The van der Waals surface area contributed by atoms with Gasteiger partial charge in [0.2, 0.25) is 0 Å². The van der Waals surface area contributed by atoms with Crippen molar-refractivity contribution in [3.63, 3.8) is 0 Å². The second-order valence-corrected chi connectivity index (χ2v) is 5.47. The first-order valence-electron chi connectivity index (χ1n) is 5.81. The van der Waals surface area contributed by atoms with Gasteiger partial charge in [0.05, 0.1) is 22.9 Å². The van der Waals surface area contributed by atoms with E-state index in [0.29, 0.717) is 18.6 Å². The monoisotopic (exact) mass is 250 g/mol. The van der Waals surface area contributed by atoms with Gasteiger partial charge in [-0.1, -0.05) is 37.3 Å². The first-order chi connectivity index (χ1) is 8.20. The molecule has 0 radical (unpaired) electrons. The summed E-state index contributed by atoms with van der Waals surface area (Å²) in [5.74, 6) is 0.516. The molecule has 0 amide bonds. The van der Waals surface area contributed by atoms with E-state index >= 15 is 0 Å². The molecule has 0 fully saturated rings. The van der Waals surface area contributed by atoms with Gasteiger partial charge in [0, 0.05) is 7.11 Å². The molecule has 2 rings (SSSR count). The van der Waals surface area contributed by atoms with Crippen LogP contribution in [0.4, 0.5) is 5.13 Å². The van der Waals surface area contributed by atoms with Crippen LogP contribution in [0.3, 0.4) is 0 Å². The molecule has 0 aliphatic rings. The maximum Gasteiger partial charge on any atom is 0.184 e. The second-order valence-electron chi connectivity index (χ2n) is 4.44. The minimum atomic E-state index is 0.306. The molecular formula is C13H18N2OS. The molecule has 3 nitrogen and oxygen atoms in total. The summed E-state index contributed by atoms with van der Waals surface area (Å²) in [5.41, 5.74) is 1.06. The lowest BCUT2D eigenvalue weighted by molar-refractivity contribution is 0.171. The summed E-state index contributed by atoms with van der Waals surface area (Å²) < 4.78 is 6.44.